The van der Waals surface area contributed by atoms with Crippen molar-refractivity contribution in [2.75, 3.05) is 5.06 Å². The van der Waals surface area contributed by atoms with E-state index in [0.717, 1.165) is 5.06 Å². The molecule has 0 radical (unpaired) electrons. The normalized spacial score (nSPS) is 10.2. The van der Waals surface area contributed by atoms with E-state index in [-0.39, 0.29) is 12.4 Å². The summed E-state index contributed by atoms with van der Waals surface area (Å²) < 4.78 is 5.07. The molecule has 0 bridgehead atoms. The van der Waals surface area contributed by atoms with Gasteiger partial charge in [-0.3, -0.25) is 4.84 Å². The predicted octanol–water partition coefficient (Wildman–Crippen LogP) is 2.00. The Bertz CT molecular complexity index is 507. The molecule has 0 aliphatic rings. The van der Waals surface area contributed by atoms with Crippen LogP contribution in [0.25, 0.3) is 0 Å². The number of hydrogen-bond donors (Lipinski definition) is 2. The topological polar surface area (TPSA) is 88.9 Å². The summed E-state index contributed by atoms with van der Waals surface area (Å²) in [4.78, 5) is 16.5. The van der Waals surface area contributed by atoms with E-state index in [9.17, 15) is 4.79 Å². The van der Waals surface area contributed by atoms with Gasteiger partial charge in [0.05, 0.1) is 12.0 Å². The summed E-state index contributed by atoms with van der Waals surface area (Å²) in [6.07, 6.45) is 1.51. The minimum absolute atomic E-state index is 0.0802. The van der Waals surface area contributed by atoms with Gasteiger partial charge >= 0.3 is 6.03 Å². The number of amides is 2. The maximum atomic E-state index is 11.3. The van der Waals surface area contributed by atoms with Crippen LogP contribution >= 0.6 is 0 Å². The molecule has 3 N–H and O–H groups in total. The highest BCUT2D eigenvalue weighted by molar-refractivity contribution is 5.88. The molecule has 2 amide bonds. The molecule has 1 heterocycles. The van der Waals surface area contributed by atoms with Crippen molar-refractivity contribution in [3.8, 4) is 5.75 Å². The van der Waals surface area contributed by atoms with Crippen molar-refractivity contribution in [3.05, 3.63) is 48.4 Å². The van der Waals surface area contributed by atoms with Crippen molar-refractivity contribution in [1.29, 1.82) is 0 Å². The van der Waals surface area contributed by atoms with Crippen LogP contribution in [0.15, 0.2) is 47.1 Å². The quantitative estimate of drug-likeness (QED) is 0.810. The lowest BCUT2D eigenvalue weighted by molar-refractivity contribution is 0.0958. The lowest BCUT2D eigenvalue weighted by atomic mass is 10.3. The van der Waals surface area contributed by atoms with Crippen molar-refractivity contribution in [2.24, 2.45) is 5.73 Å². The number of rotatable bonds is 4. The number of anilines is 1. The van der Waals surface area contributed by atoms with Gasteiger partial charge in [0.25, 0.3) is 0 Å². The third-order valence-electron chi connectivity index (χ3n) is 2.20. The van der Waals surface area contributed by atoms with Gasteiger partial charge in [-0.25, -0.2) is 4.79 Å². The molecule has 0 aliphatic heterocycles. The number of aromatic hydroxyl groups is 1. The Hall–Kier alpha value is -2.47. The first-order valence-electron chi connectivity index (χ1n) is 5.20. The fourth-order valence-corrected chi connectivity index (χ4v) is 1.38. The van der Waals surface area contributed by atoms with Gasteiger partial charge in [0.15, 0.2) is 0 Å². The van der Waals surface area contributed by atoms with Crippen LogP contribution in [0.3, 0.4) is 0 Å². The minimum Gasteiger partial charge on any atom is -0.508 e. The lowest BCUT2D eigenvalue weighted by Gasteiger charge is -2.18. The number of nitrogens with two attached hydrogens (primary N) is 1. The summed E-state index contributed by atoms with van der Waals surface area (Å²) in [5, 5.41) is 10.1. The number of primary amides is 1. The van der Waals surface area contributed by atoms with Crippen LogP contribution in [-0.4, -0.2) is 11.1 Å². The molecule has 94 valence electrons. The number of carbonyl (C=O) groups is 1. The Kier molecular flexibility index (Phi) is 3.49. The number of urea groups is 1. The largest absolute Gasteiger partial charge is 0.508 e. The third-order valence-corrected chi connectivity index (χ3v) is 2.20. The summed E-state index contributed by atoms with van der Waals surface area (Å²) in [7, 11) is 0. The molecule has 0 unspecified atom stereocenters. The van der Waals surface area contributed by atoms with Gasteiger partial charge in [0.2, 0.25) is 0 Å². The average molecular weight is 248 g/mol. The smallest absolute Gasteiger partial charge is 0.343 e. The van der Waals surface area contributed by atoms with Gasteiger partial charge in [0, 0.05) is 0 Å². The number of carbonyl (C=O) groups excluding carboxylic acids is 1. The summed E-state index contributed by atoms with van der Waals surface area (Å²) in [6, 6.07) is 8.57. The van der Waals surface area contributed by atoms with E-state index in [1.165, 1.54) is 30.5 Å². The van der Waals surface area contributed by atoms with Crippen molar-refractivity contribution < 1.29 is 19.2 Å². The maximum absolute atomic E-state index is 11.3. The van der Waals surface area contributed by atoms with Crippen LogP contribution in [0.1, 0.15) is 5.76 Å². The molecule has 1 aromatic carbocycles. The second-order valence-corrected chi connectivity index (χ2v) is 3.50. The fraction of sp³-hybridized carbons (Fsp3) is 0.0833. The molecular formula is C12H12N2O4. The Morgan fingerprint density at radius 1 is 1.33 bits per heavy atom. The lowest BCUT2D eigenvalue weighted by Crippen LogP contribution is -2.35. The van der Waals surface area contributed by atoms with Crippen LogP contribution < -0.4 is 10.8 Å². The number of benzene rings is 1. The van der Waals surface area contributed by atoms with Gasteiger partial charge < -0.3 is 15.3 Å². The van der Waals surface area contributed by atoms with Gasteiger partial charge in [-0.1, -0.05) is 0 Å². The molecule has 0 fully saturated rings. The molecule has 6 heteroatoms. The van der Waals surface area contributed by atoms with E-state index >= 15 is 0 Å². The zero-order valence-corrected chi connectivity index (χ0v) is 9.45. The highest BCUT2D eigenvalue weighted by atomic mass is 16.7. The van der Waals surface area contributed by atoms with Gasteiger partial charge in [0.1, 0.15) is 18.1 Å². The number of nitrogens with zero attached hydrogens (tertiary/aromatic N) is 1. The highest BCUT2D eigenvalue weighted by Crippen LogP contribution is 2.19. The zero-order valence-electron chi connectivity index (χ0n) is 9.45. The van der Waals surface area contributed by atoms with Gasteiger partial charge in [-0.05, 0) is 36.4 Å². The fourth-order valence-electron chi connectivity index (χ4n) is 1.38. The predicted molar refractivity (Wildman–Crippen MR) is 63.7 cm³/mol. The van der Waals surface area contributed by atoms with Crippen molar-refractivity contribution in [1.82, 2.24) is 0 Å². The third kappa shape index (κ3) is 2.80. The second-order valence-electron chi connectivity index (χ2n) is 3.50. The first-order valence-corrected chi connectivity index (χ1v) is 5.20. The van der Waals surface area contributed by atoms with Crippen LogP contribution in [0.4, 0.5) is 10.5 Å². The number of furan rings is 1. The number of phenolic OH excluding ortho intramolecular Hbond substituents is 1. The van der Waals surface area contributed by atoms with E-state index in [2.05, 4.69) is 0 Å². The molecule has 0 atom stereocenters. The Morgan fingerprint density at radius 3 is 2.61 bits per heavy atom. The molecule has 2 aromatic rings. The van der Waals surface area contributed by atoms with E-state index in [0.29, 0.717) is 11.4 Å². The molecule has 2 rings (SSSR count). The van der Waals surface area contributed by atoms with Crippen LogP contribution in [0.5, 0.6) is 5.75 Å². The number of hydrogen-bond acceptors (Lipinski definition) is 4. The number of hydroxylamine groups is 1. The van der Waals surface area contributed by atoms with E-state index in [1.54, 1.807) is 12.1 Å². The van der Waals surface area contributed by atoms with E-state index in [4.69, 9.17) is 20.1 Å². The molecule has 0 saturated heterocycles. The van der Waals surface area contributed by atoms with Crippen molar-refractivity contribution >= 4 is 11.7 Å². The summed E-state index contributed by atoms with van der Waals surface area (Å²) >= 11 is 0. The van der Waals surface area contributed by atoms with Crippen molar-refractivity contribution in [2.45, 2.75) is 6.61 Å². The van der Waals surface area contributed by atoms with Gasteiger partial charge in [-0.15, -0.1) is 0 Å². The standard InChI is InChI=1S/C12H12N2O4/c13-12(16)14(9-3-5-10(15)6-4-9)18-8-11-2-1-7-17-11/h1-7,15H,8H2,(H2,13,16). The summed E-state index contributed by atoms with van der Waals surface area (Å²) in [6.45, 7) is 0.0802. The zero-order chi connectivity index (χ0) is 13.0. The van der Waals surface area contributed by atoms with Crippen LogP contribution in [0, 0.1) is 0 Å². The van der Waals surface area contributed by atoms with E-state index in [1.807, 2.05) is 0 Å². The monoisotopic (exact) mass is 248 g/mol. The molecule has 0 saturated carbocycles. The molecule has 6 nitrogen and oxygen atoms in total. The summed E-state index contributed by atoms with van der Waals surface area (Å²) in [5.41, 5.74) is 5.64. The van der Waals surface area contributed by atoms with Crippen LogP contribution in [-0.2, 0) is 11.4 Å². The van der Waals surface area contributed by atoms with E-state index < -0.39 is 6.03 Å². The minimum atomic E-state index is -0.757. The first-order chi connectivity index (χ1) is 8.66. The Labute approximate surface area is 103 Å². The highest BCUT2D eigenvalue weighted by Gasteiger charge is 2.14. The summed E-state index contributed by atoms with van der Waals surface area (Å²) in [5.74, 6) is 0.661. The van der Waals surface area contributed by atoms with Crippen molar-refractivity contribution in [3.63, 3.8) is 0 Å². The Morgan fingerprint density at radius 2 is 2.06 bits per heavy atom. The molecule has 18 heavy (non-hydrogen) atoms. The average Bonchev–Trinajstić information content (AvgIpc) is 2.84. The second kappa shape index (κ2) is 5.24. The molecular weight excluding hydrogens is 236 g/mol. The maximum Gasteiger partial charge on any atom is 0.343 e. The first kappa shape index (κ1) is 12.0. The number of phenols is 1. The Balaban J connectivity index is 2.08. The van der Waals surface area contributed by atoms with Crippen LogP contribution in [0.2, 0.25) is 0 Å². The molecule has 0 aliphatic carbocycles. The SMILES string of the molecule is NC(=O)N(OCc1ccco1)c1ccc(O)cc1. The molecule has 1 aromatic heterocycles. The molecule has 0 spiro atoms. The van der Waals surface area contributed by atoms with Gasteiger partial charge in [-0.2, -0.15) is 5.06 Å².